The van der Waals surface area contributed by atoms with E-state index in [0.717, 1.165) is 34.3 Å². The first-order valence-electron chi connectivity index (χ1n) is 9.96. The first-order valence-corrected chi connectivity index (χ1v) is 11.3. The molecule has 32 heavy (non-hydrogen) atoms. The third kappa shape index (κ3) is 5.12. The summed E-state index contributed by atoms with van der Waals surface area (Å²) in [6.07, 6.45) is 0.820. The Kier molecular flexibility index (Phi) is 7.41. The van der Waals surface area contributed by atoms with Gasteiger partial charge in [0.25, 0.3) is 0 Å². The van der Waals surface area contributed by atoms with Crippen LogP contribution in [0.5, 0.6) is 5.75 Å². The minimum Gasteiger partial charge on any atom is -0.497 e. The van der Waals surface area contributed by atoms with Crippen molar-refractivity contribution in [2.45, 2.75) is 23.9 Å². The van der Waals surface area contributed by atoms with E-state index in [1.54, 1.807) is 14.2 Å². The maximum absolute atomic E-state index is 6.40. The van der Waals surface area contributed by atoms with Crippen LogP contribution >= 0.6 is 23.4 Å². The van der Waals surface area contributed by atoms with Crippen LogP contribution < -0.4 is 4.74 Å². The Balaban J connectivity index is 1.53. The number of aromatic nitrogens is 5. The van der Waals surface area contributed by atoms with Crippen LogP contribution in [0, 0.1) is 0 Å². The maximum Gasteiger partial charge on any atom is 0.237 e. The molecule has 0 amide bonds. The predicted octanol–water partition coefficient (Wildman–Crippen LogP) is 4.99. The number of rotatable bonds is 10. The number of halogens is 1. The first kappa shape index (κ1) is 22.3. The van der Waals surface area contributed by atoms with Crippen molar-refractivity contribution in [2.24, 2.45) is 0 Å². The Bertz CT molecular complexity index is 1180. The zero-order valence-electron chi connectivity index (χ0n) is 17.7. The SMILES string of the molecule is COCCCn1c(SCc2nc(-c3cccc(OC)c3)no2)nnc1-c1ccccc1Cl. The Morgan fingerprint density at radius 1 is 1.09 bits per heavy atom. The fourth-order valence-corrected chi connectivity index (χ4v) is 4.15. The molecule has 0 N–H and O–H groups in total. The highest BCUT2D eigenvalue weighted by Gasteiger charge is 2.18. The highest BCUT2D eigenvalue weighted by Crippen LogP contribution is 2.31. The second-order valence-electron chi connectivity index (χ2n) is 6.82. The average Bonchev–Trinajstić information content (AvgIpc) is 3.45. The minimum atomic E-state index is 0.460. The van der Waals surface area contributed by atoms with Gasteiger partial charge in [-0.15, -0.1) is 10.2 Å². The van der Waals surface area contributed by atoms with Gasteiger partial charge in [0.05, 0.1) is 17.9 Å². The van der Waals surface area contributed by atoms with Crippen molar-refractivity contribution in [3.05, 3.63) is 59.4 Å². The van der Waals surface area contributed by atoms with E-state index in [-0.39, 0.29) is 0 Å². The minimum absolute atomic E-state index is 0.460. The van der Waals surface area contributed by atoms with E-state index in [4.69, 9.17) is 25.6 Å². The Morgan fingerprint density at radius 3 is 2.78 bits per heavy atom. The van der Waals surface area contributed by atoms with Crippen molar-refractivity contribution in [2.75, 3.05) is 20.8 Å². The molecule has 2 heterocycles. The second kappa shape index (κ2) is 10.6. The number of benzene rings is 2. The van der Waals surface area contributed by atoms with Gasteiger partial charge in [-0.1, -0.05) is 52.8 Å². The van der Waals surface area contributed by atoms with Gasteiger partial charge in [0.15, 0.2) is 11.0 Å². The average molecular weight is 472 g/mol. The highest BCUT2D eigenvalue weighted by atomic mass is 35.5. The van der Waals surface area contributed by atoms with Gasteiger partial charge >= 0.3 is 0 Å². The molecule has 0 bridgehead atoms. The van der Waals surface area contributed by atoms with Gasteiger partial charge in [-0.25, -0.2) is 0 Å². The van der Waals surface area contributed by atoms with E-state index in [1.807, 2.05) is 53.1 Å². The lowest BCUT2D eigenvalue weighted by Crippen LogP contribution is -2.05. The summed E-state index contributed by atoms with van der Waals surface area (Å²) in [5, 5.41) is 14.2. The summed E-state index contributed by atoms with van der Waals surface area (Å²) in [5.41, 5.74) is 1.66. The molecule has 0 fully saturated rings. The lowest BCUT2D eigenvalue weighted by atomic mass is 10.2. The molecular formula is C22H22ClN5O3S. The number of ether oxygens (including phenoxy) is 2. The topological polar surface area (TPSA) is 88.1 Å². The molecule has 2 aromatic heterocycles. The van der Waals surface area contributed by atoms with Crippen molar-refractivity contribution < 1.29 is 14.0 Å². The molecule has 0 aliphatic heterocycles. The molecule has 0 aliphatic carbocycles. The summed E-state index contributed by atoms with van der Waals surface area (Å²) >= 11 is 7.88. The molecule has 10 heteroatoms. The third-order valence-corrected chi connectivity index (χ3v) is 5.96. The molecular weight excluding hydrogens is 450 g/mol. The number of hydrogen-bond donors (Lipinski definition) is 0. The predicted molar refractivity (Wildman–Crippen MR) is 123 cm³/mol. The zero-order valence-corrected chi connectivity index (χ0v) is 19.3. The van der Waals surface area contributed by atoms with E-state index in [1.165, 1.54) is 11.8 Å². The number of methoxy groups -OCH3 is 2. The number of thioether (sulfide) groups is 1. The van der Waals surface area contributed by atoms with Crippen LogP contribution in [0.25, 0.3) is 22.8 Å². The van der Waals surface area contributed by atoms with Gasteiger partial charge in [0.1, 0.15) is 5.75 Å². The molecule has 0 aliphatic rings. The van der Waals surface area contributed by atoms with Crippen LogP contribution in [0.4, 0.5) is 0 Å². The van der Waals surface area contributed by atoms with Gasteiger partial charge in [0, 0.05) is 31.4 Å². The Morgan fingerprint density at radius 2 is 1.97 bits per heavy atom. The zero-order chi connectivity index (χ0) is 22.3. The Labute approximate surface area is 194 Å². The standard InChI is InChI=1S/C22H22ClN5O3S/c1-29-12-6-11-28-21(17-9-3-4-10-18(17)23)25-26-22(28)32-14-19-24-20(27-31-19)15-7-5-8-16(13-15)30-2/h3-5,7-10,13H,6,11-12,14H2,1-2H3. The van der Waals surface area contributed by atoms with E-state index >= 15 is 0 Å². The summed E-state index contributed by atoms with van der Waals surface area (Å²) in [5.74, 6) is 2.93. The van der Waals surface area contributed by atoms with Gasteiger partial charge in [-0.3, -0.25) is 0 Å². The van der Waals surface area contributed by atoms with E-state index < -0.39 is 0 Å². The molecule has 0 unspecified atom stereocenters. The molecule has 2 aromatic carbocycles. The molecule has 0 saturated carbocycles. The molecule has 8 nitrogen and oxygen atoms in total. The molecule has 0 atom stereocenters. The molecule has 166 valence electrons. The number of nitrogens with zero attached hydrogens (tertiary/aromatic N) is 5. The quantitative estimate of drug-likeness (QED) is 0.236. The smallest absolute Gasteiger partial charge is 0.237 e. The first-order chi connectivity index (χ1) is 15.7. The summed E-state index contributed by atoms with van der Waals surface area (Å²) < 4.78 is 18.0. The number of hydrogen-bond acceptors (Lipinski definition) is 8. The van der Waals surface area contributed by atoms with Crippen molar-refractivity contribution in [3.63, 3.8) is 0 Å². The monoisotopic (exact) mass is 471 g/mol. The van der Waals surface area contributed by atoms with Crippen molar-refractivity contribution in [1.82, 2.24) is 24.9 Å². The summed E-state index contributed by atoms with van der Waals surface area (Å²) in [4.78, 5) is 4.50. The van der Waals surface area contributed by atoms with E-state index in [0.29, 0.717) is 35.6 Å². The summed E-state index contributed by atoms with van der Waals surface area (Å²) in [6, 6.07) is 15.1. The fourth-order valence-electron chi connectivity index (χ4n) is 3.13. The van der Waals surface area contributed by atoms with E-state index in [2.05, 4.69) is 20.3 Å². The lowest BCUT2D eigenvalue weighted by Gasteiger charge is -2.10. The van der Waals surface area contributed by atoms with Crippen LogP contribution in [0.2, 0.25) is 5.02 Å². The summed E-state index contributed by atoms with van der Waals surface area (Å²) in [6.45, 7) is 1.33. The highest BCUT2D eigenvalue weighted by molar-refractivity contribution is 7.98. The molecule has 0 spiro atoms. The molecule has 0 radical (unpaired) electrons. The summed E-state index contributed by atoms with van der Waals surface area (Å²) in [7, 11) is 3.31. The molecule has 4 rings (SSSR count). The normalized spacial score (nSPS) is 11.1. The largest absolute Gasteiger partial charge is 0.497 e. The van der Waals surface area contributed by atoms with Crippen LogP contribution in [-0.4, -0.2) is 45.7 Å². The van der Waals surface area contributed by atoms with Gasteiger partial charge in [-0.2, -0.15) is 4.98 Å². The molecule has 0 saturated heterocycles. The second-order valence-corrected chi connectivity index (χ2v) is 8.17. The van der Waals surface area contributed by atoms with Crippen molar-refractivity contribution in [3.8, 4) is 28.5 Å². The van der Waals surface area contributed by atoms with Gasteiger partial charge < -0.3 is 18.6 Å². The van der Waals surface area contributed by atoms with Crippen LogP contribution in [-0.2, 0) is 17.0 Å². The van der Waals surface area contributed by atoms with Gasteiger partial charge in [0.2, 0.25) is 11.7 Å². The van der Waals surface area contributed by atoms with Crippen LogP contribution in [0.3, 0.4) is 0 Å². The van der Waals surface area contributed by atoms with Crippen molar-refractivity contribution >= 4 is 23.4 Å². The maximum atomic E-state index is 6.40. The van der Waals surface area contributed by atoms with Crippen LogP contribution in [0.1, 0.15) is 12.3 Å². The third-order valence-electron chi connectivity index (χ3n) is 4.68. The molecule has 4 aromatic rings. The lowest BCUT2D eigenvalue weighted by molar-refractivity contribution is 0.189. The van der Waals surface area contributed by atoms with Crippen LogP contribution in [0.15, 0.2) is 58.2 Å². The fraction of sp³-hybridized carbons (Fsp3) is 0.273. The van der Waals surface area contributed by atoms with E-state index in [9.17, 15) is 0 Å². The Hall–Kier alpha value is -2.88. The van der Waals surface area contributed by atoms with Gasteiger partial charge in [-0.05, 0) is 30.7 Å². The van der Waals surface area contributed by atoms with Crippen molar-refractivity contribution in [1.29, 1.82) is 0 Å².